The third-order valence-electron chi connectivity index (χ3n) is 11.7. The second-order valence-corrected chi connectivity index (χ2v) is 12.8. The zero-order valence-electron chi connectivity index (χ0n) is 21.1. The van der Waals surface area contributed by atoms with E-state index in [-0.39, 0.29) is 17.3 Å². The molecule has 0 aromatic carbocycles. The smallest absolute Gasteiger partial charge is 0.139 e. The molecule has 4 N–H and O–H groups in total. The number of nitrogens with zero attached hydrogens (tertiary/aromatic N) is 1. The molecule has 2 saturated carbocycles. The summed E-state index contributed by atoms with van der Waals surface area (Å²) in [6.45, 7) is 6.44. The van der Waals surface area contributed by atoms with Crippen LogP contribution >= 0.6 is 0 Å². The molecule has 8 unspecified atom stereocenters. The molecule has 0 bridgehead atoms. The number of fused-ring (bicyclic) bond motifs is 8. The van der Waals surface area contributed by atoms with Crippen molar-refractivity contribution in [3.8, 4) is 0 Å². The fourth-order valence-electron chi connectivity index (χ4n) is 10.7. The van der Waals surface area contributed by atoms with Crippen LogP contribution in [0.3, 0.4) is 0 Å². The van der Waals surface area contributed by atoms with E-state index < -0.39 is 0 Å². The first-order valence-corrected chi connectivity index (χ1v) is 15.0. The van der Waals surface area contributed by atoms with Crippen molar-refractivity contribution in [2.24, 2.45) is 29.1 Å². The molecule has 34 heavy (non-hydrogen) atoms. The molecule has 2 aliphatic carbocycles. The first-order chi connectivity index (χ1) is 16.8. The number of carbonyl (C=O) groups is 1. The number of piperidine rings is 5. The molecule has 0 aromatic rings. The Labute approximate surface area is 206 Å². The minimum absolute atomic E-state index is 0.172. The number of ketones is 1. The van der Waals surface area contributed by atoms with Gasteiger partial charge in [0.15, 0.2) is 0 Å². The normalized spacial score (nSPS) is 50.2. The lowest BCUT2D eigenvalue weighted by Crippen LogP contribution is -2.85. The Bertz CT molecular complexity index is 716. The molecule has 5 saturated heterocycles. The summed E-state index contributed by atoms with van der Waals surface area (Å²) < 4.78 is 0. The second kappa shape index (κ2) is 9.09. The van der Waals surface area contributed by atoms with Gasteiger partial charge in [0, 0.05) is 47.5 Å². The molecular weight excluding hydrogens is 422 g/mol. The van der Waals surface area contributed by atoms with E-state index in [9.17, 15) is 4.79 Å². The third-order valence-corrected chi connectivity index (χ3v) is 11.7. The summed E-state index contributed by atoms with van der Waals surface area (Å²) >= 11 is 0. The van der Waals surface area contributed by atoms with Crippen LogP contribution in [0.25, 0.3) is 0 Å². The Morgan fingerprint density at radius 1 is 0.647 bits per heavy atom. The molecule has 0 radical (unpaired) electrons. The Morgan fingerprint density at radius 3 is 1.76 bits per heavy atom. The first-order valence-electron chi connectivity index (χ1n) is 15.0. The molecule has 1 spiro atoms. The van der Waals surface area contributed by atoms with E-state index in [1.54, 1.807) is 0 Å². The lowest BCUT2D eigenvalue weighted by molar-refractivity contribution is -0.199. The van der Waals surface area contributed by atoms with Gasteiger partial charge in [-0.2, -0.15) is 0 Å². The highest BCUT2D eigenvalue weighted by atomic mass is 16.1. The Hall–Kier alpha value is -0.530. The van der Waals surface area contributed by atoms with Gasteiger partial charge < -0.3 is 21.3 Å². The standard InChI is InChI=1S/C28H47N5O/c34-25-19-10-14-29-16-21(19)28(22-17-30-15-11-20(22)25)26-23(8-4-12-31-26)33(18-6-2-1-3-7-18)24-9-5-13-32-27(24)28/h18-24,26-27,29-32H,1-17H2. The van der Waals surface area contributed by atoms with Gasteiger partial charge in [0.2, 0.25) is 0 Å². The largest absolute Gasteiger partial charge is 0.316 e. The molecule has 6 nitrogen and oxygen atoms in total. The molecule has 5 aliphatic heterocycles. The van der Waals surface area contributed by atoms with Gasteiger partial charge in [-0.25, -0.2) is 0 Å². The Kier molecular flexibility index (Phi) is 6.06. The third kappa shape index (κ3) is 3.21. The molecule has 0 aromatic heterocycles. The highest BCUT2D eigenvalue weighted by molar-refractivity contribution is 5.86. The van der Waals surface area contributed by atoms with Crippen LogP contribution in [0.5, 0.6) is 0 Å². The number of hydrogen-bond acceptors (Lipinski definition) is 6. The van der Waals surface area contributed by atoms with E-state index in [0.29, 0.717) is 41.8 Å². The summed E-state index contributed by atoms with van der Waals surface area (Å²) in [6, 6.07) is 3.11. The van der Waals surface area contributed by atoms with Crippen LogP contribution < -0.4 is 21.3 Å². The summed E-state index contributed by atoms with van der Waals surface area (Å²) in [5, 5.41) is 16.0. The van der Waals surface area contributed by atoms with Crippen molar-refractivity contribution >= 4 is 5.78 Å². The maximum absolute atomic E-state index is 13.9. The van der Waals surface area contributed by atoms with Crippen LogP contribution in [-0.2, 0) is 4.79 Å². The van der Waals surface area contributed by atoms with E-state index in [0.717, 1.165) is 58.2 Å². The van der Waals surface area contributed by atoms with E-state index in [1.165, 1.54) is 57.8 Å². The molecule has 7 aliphatic rings. The predicted molar refractivity (Wildman–Crippen MR) is 135 cm³/mol. The van der Waals surface area contributed by atoms with Crippen molar-refractivity contribution in [1.29, 1.82) is 0 Å². The maximum atomic E-state index is 13.9. The number of hydrogen-bond donors (Lipinski definition) is 4. The first kappa shape index (κ1) is 22.7. The number of rotatable bonds is 1. The number of nitrogens with one attached hydrogen (secondary N) is 4. The fourth-order valence-corrected chi connectivity index (χ4v) is 10.7. The van der Waals surface area contributed by atoms with Gasteiger partial charge >= 0.3 is 0 Å². The summed E-state index contributed by atoms with van der Waals surface area (Å²) in [5.41, 5.74) is 0.172. The topological polar surface area (TPSA) is 68.4 Å². The lowest BCUT2D eigenvalue weighted by Gasteiger charge is -2.72. The highest BCUT2D eigenvalue weighted by Gasteiger charge is 2.70. The van der Waals surface area contributed by atoms with Gasteiger partial charge in [-0.1, -0.05) is 19.3 Å². The zero-order valence-corrected chi connectivity index (χ0v) is 21.1. The molecule has 6 heteroatoms. The van der Waals surface area contributed by atoms with Crippen LogP contribution in [0.4, 0.5) is 0 Å². The summed E-state index contributed by atoms with van der Waals surface area (Å²) in [6.07, 6.45) is 14.5. The van der Waals surface area contributed by atoms with Crippen LogP contribution in [0, 0.1) is 29.1 Å². The summed E-state index contributed by atoms with van der Waals surface area (Å²) in [4.78, 5) is 17.0. The van der Waals surface area contributed by atoms with Crippen molar-refractivity contribution in [3.05, 3.63) is 0 Å². The van der Waals surface area contributed by atoms with Crippen molar-refractivity contribution < 1.29 is 4.79 Å². The number of likely N-dealkylation sites (tertiary alicyclic amines) is 1. The quantitative estimate of drug-likeness (QED) is 0.470. The van der Waals surface area contributed by atoms with Gasteiger partial charge in [0.05, 0.1) is 0 Å². The molecule has 8 atom stereocenters. The maximum Gasteiger partial charge on any atom is 0.139 e. The molecule has 0 amide bonds. The van der Waals surface area contributed by atoms with Crippen LogP contribution in [0.2, 0.25) is 0 Å². The summed E-state index contributed by atoms with van der Waals surface area (Å²) in [7, 11) is 0. The predicted octanol–water partition coefficient (Wildman–Crippen LogP) is 1.90. The van der Waals surface area contributed by atoms with E-state index in [1.807, 2.05) is 0 Å². The summed E-state index contributed by atoms with van der Waals surface area (Å²) in [5.74, 6) is 2.13. The second-order valence-electron chi connectivity index (χ2n) is 12.8. The molecule has 190 valence electrons. The molecule has 7 fully saturated rings. The van der Waals surface area contributed by atoms with E-state index in [4.69, 9.17) is 0 Å². The van der Waals surface area contributed by atoms with Crippen molar-refractivity contribution in [2.75, 3.05) is 39.3 Å². The lowest BCUT2D eigenvalue weighted by atomic mass is 9.42. The van der Waals surface area contributed by atoms with Crippen LogP contribution in [0.1, 0.15) is 70.6 Å². The average Bonchev–Trinajstić information content (AvgIpc) is 2.91. The SMILES string of the molecule is O=C1C2CCNCC2C2(C3CNCCC13)C1NCCCC1N(C1CCCCC1)C1CCCNC12. The zero-order chi connectivity index (χ0) is 22.7. The minimum Gasteiger partial charge on any atom is -0.316 e. The average molecular weight is 470 g/mol. The fraction of sp³-hybridized carbons (Fsp3) is 0.964. The number of Topliss-reactive ketones (excluding diaryl/α,β-unsaturated/α-hetero) is 1. The minimum atomic E-state index is 0.172. The molecule has 7 rings (SSSR count). The molecular formula is C28H47N5O. The van der Waals surface area contributed by atoms with E-state index >= 15 is 0 Å². The van der Waals surface area contributed by atoms with Gasteiger partial charge in [0.25, 0.3) is 0 Å². The van der Waals surface area contributed by atoms with Gasteiger partial charge in [-0.3, -0.25) is 9.69 Å². The van der Waals surface area contributed by atoms with Crippen molar-refractivity contribution in [3.63, 3.8) is 0 Å². The molecule has 5 heterocycles. The number of carbonyl (C=O) groups excluding carboxylic acids is 1. The Balaban J connectivity index is 1.38. The van der Waals surface area contributed by atoms with Crippen molar-refractivity contribution in [1.82, 2.24) is 26.2 Å². The monoisotopic (exact) mass is 469 g/mol. The van der Waals surface area contributed by atoms with Gasteiger partial charge in [-0.05, 0) is 102 Å². The van der Waals surface area contributed by atoms with Crippen LogP contribution in [0.15, 0.2) is 0 Å². The van der Waals surface area contributed by atoms with E-state index in [2.05, 4.69) is 26.2 Å². The Morgan fingerprint density at radius 2 is 1.21 bits per heavy atom. The van der Waals surface area contributed by atoms with Gasteiger partial charge in [-0.15, -0.1) is 0 Å². The van der Waals surface area contributed by atoms with Gasteiger partial charge in [0.1, 0.15) is 5.78 Å². The van der Waals surface area contributed by atoms with Crippen molar-refractivity contribution in [2.45, 2.75) is 101 Å². The van der Waals surface area contributed by atoms with Crippen LogP contribution in [-0.4, -0.2) is 80.2 Å². The highest BCUT2D eigenvalue weighted by Crippen LogP contribution is 2.61.